The Morgan fingerprint density at radius 2 is 2.00 bits per heavy atom. The van der Waals surface area contributed by atoms with Crippen molar-refractivity contribution in [2.75, 3.05) is 31.1 Å². The molecule has 1 saturated heterocycles. The summed E-state index contributed by atoms with van der Waals surface area (Å²) in [6.45, 7) is 3.94. The number of nitrogens with one attached hydrogen (secondary N) is 2. The molecule has 0 aromatic carbocycles. The molecule has 0 radical (unpaired) electrons. The number of anilines is 1. The van der Waals surface area contributed by atoms with Gasteiger partial charge in [0, 0.05) is 38.3 Å². The molecule has 0 amide bonds. The highest BCUT2D eigenvalue weighted by atomic mass is 32.1. The first-order valence-corrected chi connectivity index (χ1v) is 10.4. The normalized spacial score (nSPS) is 19.5. The number of hydrogen-bond donors (Lipinski definition) is 1. The van der Waals surface area contributed by atoms with Gasteiger partial charge in [-0.15, -0.1) is 0 Å². The molecule has 0 unspecified atom stereocenters. The Kier molecular flexibility index (Phi) is 4.13. The van der Waals surface area contributed by atoms with Crippen LogP contribution in [0, 0.1) is 0 Å². The van der Waals surface area contributed by atoms with Gasteiger partial charge in [0.1, 0.15) is 15.6 Å². The lowest BCUT2D eigenvalue weighted by molar-refractivity contribution is -0.341. The van der Waals surface area contributed by atoms with Crippen molar-refractivity contribution in [3.05, 3.63) is 28.9 Å². The van der Waals surface area contributed by atoms with Crippen molar-refractivity contribution in [2.24, 2.45) is 0 Å². The van der Waals surface area contributed by atoms with E-state index < -0.39 is 0 Å². The summed E-state index contributed by atoms with van der Waals surface area (Å²) in [7, 11) is 0. The first-order chi connectivity index (χ1) is 12.8. The summed E-state index contributed by atoms with van der Waals surface area (Å²) < 4.78 is 2.67. The zero-order chi connectivity index (χ0) is 17.5. The van der Waals surface area contributed by atoms with Crippen molar-refractivity contribution in [1.82, 2.24) is 14.9 Å². The standard InChI is InChI=1S/C19H23N5OS/c25-19-17-16(22-12-24(19)13-4-2-1-3-5-13)15-14(6-7-21-18(15)26-17)23-10-8-20-9-11-23/h6-7,12-13,20H,1-5,8-11H2/p+1. The van der Waals surface area contributed by atoms with Crippen LogP contribution in [0.2, 0.25) is 0 Å². The van der Waals surface area contributed by atoms with Gasteiger partial charge in [0.15, 0.2) is 6.20 Å². The number of aromatic amines is 1. The fourth-order valence-corrected chi connectivity index (χ4v) is 5.47. The van der Waals surface area contributed by atoms with Crippen LogP contribution in [0.15, 0.2) is 23.4 Å². The van der Waals surface area contributed by atoms with Gasteiger partial charge in [-0.05, 0) is 12.8 Å². The molecular formula is C19H24N5OS+. The molecule has 6 nitrogen and oxygen atoms in total. The number of thiophene rings is 1. The largest absolute Gasteiger partial charge is 0.368 e. The first kappa shape index (κ1) is 16.2. The number of nitrogens with zero attached hydrogens (tertiary/aromatic N) is 3. The van der Waals surface area contributed by atoms with E-state index in [0.717, 1.165) is 59.5 Å². The smallest absolute Gasteiger partial charge is 0.272 e. The molecule has 2 aliphatic rings. The molecule has 0 spiro atoms. The SMILES string of the molecule is O=c1c2sc3[nH+]ccc(N4CCNCC4)c3c2ncn1C1CCCCC1. The van der Waals surface area contributed by atoms with Crippen molar-refractivity contribution in [3.8, 4) is 0 Å². The van der Waals surface area contributed by atoms with Gasteiger partial charge in [-0.1, -0.05) is 30.6 Å². The number of hydrogen-bond acceptors (Lipinski definition) is 5. The minimum absolute atomic E-state index is 0.128. The van der Waals surface area contributed by atoms with E-state index in [9.17, 15) is 4.79 Å². The third-order valence-electron chi connectivity index (χ3n) is 5.76. The molecule has 1 aliphatic heterocycles. The minimum atomic E-state index is 0.128. The summed E-state index contributed by atoms with van der Waals surface area (Å²) in [5, 5.41) is 4.50. The Hall–Kier alpha value is -1.99. The third kappa shape index (κ3) is 2.61. The Morgan fingerprint density at radius 1 is 1.19 bits per heavy atom. The van der Waals surface area contributed by atoms with Crippen molar-refractivity contribution in [3.63, 3.8) is 0 Å². The van der Waals surface area contributed by atoms with Crippen LogP contribution in [0.4, 0.5) is 5.69 Å². The Labute approximate surface area is 155 Å². The van der Waals surface area contributed by atoms with Crippen molar-refractivity contribution >= 4 is 37.5 Å². The van der Waals surface area contributed by atoms with Gasteiger partial charge in [0.25, 0.3) is 10.4 Å². The summed E-state index contributed by atoms with van der Waals surface area (Å²) in [5.74, 6) is 0. The highest BCUT2D eigenvalue weighted by Crippen LogP contribution is 2.35. The number of H-pyrrole nitrogens is 1. The van der Waals surface area contributed by atoms with Gasteiger partial charge in [0.2, 0.25) is 0 Å². The van der Waals surface area contributed by atoms with E-state index in [1.54, 1.807) is 17.7 Å². The zero-order valence-corrected chi connectivity index (χ0v) is 15.6. The van der Waals surface area contributed by atoms with Crippen LogP contribution in [-0.2, 0) is 0 Å². The van der Waals surface area contributed by atoms with E-state index in [2.05, 4.69) is 21.3 Å². The molecule has 1 aliphatic carbocycles. The fourth-order valence-electron chi connectivity index (χ4n) is 4.39. The second kappa shape index (κ2) is 6.63. The maximum absolute atomic E-state index is 13.2. The lowest BCUT2D eigenvalue weighted by Gasteiger charge is -2.29. The second-order valence-electron chi connectivity index (χ2n) is 7.33. The van der Waals surface area contributed by atoms with Gasteiger partial charge < -0.3 is 10.2 Å². The minimum Gasteiger partial charge on any atom is -0.368 e. The van der Waals surface area contributed by atoms with E-state index in [1.807, 2.05) is 10.8 Å². The molecular weight excluding hydrogens is 346 g/mol. The second-order valence-corrected chi connectivity index (χ2v) is 8.35. The van der Waals surface area contributed by atoms with Crippen molar-refractivity contribution < 1.29 is 4.98 Å². The third-order valence-corrected chi connectivity index (χ3v) is 6.86. The van der Waals surface area contributed by atoms with Crippen molar-refractivity contribution in [1.29, 1.82) is 0 Å². The van der Waals surface area contributed by atoms with E-state index >= 15 is 0 Å². The van der Waals surface area contributed by atoms with Gasteiger partial charge >= 0.3 is 0 Å². The molecule has 136 valence electrons. The molecule has 2 N–H and O–H groups in total. The Morgan fingerprint density at radius 3 is 2.81 bits per heavy atom. The molecule has 26 heavy (non-hydrogen) atoms. The maximum Gasteiger partial charge on any atom is 0.272 e. The molecule has 0 atom stereocenters. The first-order valence-electron chi connectivity index (χ1n) is 9.62. The van der Waals surface area contributed by atoms with Gasteiger partial charge in [-0.3, -0.25) is 9.36 Å². The predicted octanol–water partition coefficient (Wildman–Crippen LogP) is 2.34. The Balaban J connectivity index is 1.67. The monoisotopic (exact) mass is 370 g/mol. The summed E-state index contributed by atoms with van der Waals surface area (Å²) in [6, 6.07) is 2.43. The average Bonchev–Trinajstić information content (AvgIpc) is 3.09. The summed E-state index contributed by atoms with van der Waals surface area (Å²) in [5.41, 5.74) is 2.17. The molecule has 3 aromatic rings. The Bertz CT molecular complexity index is 998. The highest BCUT2D eigenvalue weighted by Gasteiger charge is 2.24. The van der Waals surface area contributed by atoms with Crippen LogP contribution in [0.3, 0.4) is 0 Å². The predicted molar refractivity (Wildman–Crippen MR) is 105 cm³/mol. The number of pyridine rings is 1. The van der Waals surface area contributed by atoms with Crippen LogP contribution < -0.4 is 20.8 Å². The van der Waals surface area contributed by atoms with Gasteiger partial charge in [0.05, 0.1) is 12.0 Å². The highest BCUT2D eigenvalue weighted by molar-refractivity contribution is 7.25. The summed E-state index contributed by atoms with van der Waals surface area (Å²) in [4.78, 5) is 24.7. The number of aromatic nitrogens is 3. The fraction of sp³-hybridized carbons (Fsp3) is 0.526. The molecule has 0 bridgehead atoms. The van der Waals surface area contributed by atoms with Crippen LogP contribution >= 0.6 is 11.3 Å². The van der Waals surface area contributed by atoms with E-state index in [0.29, 0.717) is 6.04 Å². The molecule has 3 aromatic heterocycles. The number of rotatable bonds is 2. The number of fused-ring (bicyclic) bond motifs is 3. The molecule has 7 heteroatoms. The lowest BCUT2D eigenvalue weighted by atomic mass is 9.95. The lowest BCUT2D eigenvalue weighted by Crippen LogP contribution is -2.43. The molecule has 5 rings (SSSR count). The van der Waals surface area contributed by atoms with Crippen LogP contribution in [-0.4, -0.2) is 35.7 Å². The quantitative estimate of drug-likeness (QED) is 0.752. The van der Waals surface area contributed by atoms with Gasteiger partial charge in [-0.25, -0.2) is 9.97 Å². The van der Waals surface area contributed by atoms with Crippen LogP contribution in [0.25, 0.3) is 20.4 Å². The van der Waals surface area contributed by atoms with E-state index in [-0.39, 0.29) is 5.56 Å². The number of piperazine rings is 1. The van der Waals surface area contributed by atoms with Crippen molar-refractivity contribution in [2.45, 2.75) is 38.1 Å². The van der Waals surface area contributed by atoms with Crippen LogP contribution in [0.1, 0.15) is 38.1 Å². The summed E-state index contributed by atoms with van der Waals surface area (Å²) >= 11 is 1.55. The zero-order valence-electron chi connectivity index (χ0n) is 14.8. The molecule has 2 fully saturated rings. The van der Waals surface area contributed by atoms with E-state index in [4.69, 9.17) is 4.98 Å². The van der Waals surface area contributed by atoms with E-state index in [1.165, 1.54) is 24.9 Å². The maximum atomic E-state index is 13.2. The van der Waals surface area contributed by atoms with Gasteiger partial charge in [-0.2, -0.15) is 0 Å². The molecule has 1 saturated carbocycles. The average molecular weight is 371 g/mol. The molecule has 4 heterocycles. The topological polar surface area (TPSA) is 64.3 Å². The summed E-state index contributed by atoms with van der Waals surface area (Å²) in [6.07, 6.45) is 9.67. The van der Waals surface area contributed by atoms with Crippen LogP contribution in [0.5, 0.6) is 0 Å².